The van der Waals surface area contributed by atoms with Crippen molar-refractivity contribution >= 4 is 29.3 Å². The third kappa shape index (κ3) is 3.46. The van der Waals surface area contributed by atoms with E-state index in [1.165, 1.54) is 23.3 Å². The Labute approximate surface area is 97.3 Å². The molecule has 1 heterocycles. The number of hydrogen-bond acceptors (Lipinski definition) is 5. The number of carboxylic acids is 1. The zero-order valence-corrected chi connectivity index (χ0v) is 10.6. The summed E-state index contributed by atoms with van der Waals surface area (Å²) in [7, 11) is 0. The zero-order valence-electron chi connectivity index (χ0n) is 8.93. The van der Waals surface area contributed by atoms with Crippen molar-refractivity contribution in [1.29, 1.82) is 0 Å². The van der Waals surface area contributed by atoms with E-state index in [1.807, 2.05) is 20.8 Å². The number of thioether (sulfide) groups is 1. The van der Waals surface area contributed by atoms with Crippen LogP contribution in [-0.4, -0.2) is 25.7 Å². The van der Waals surface area contributed by atoms with E-state index < -0.39 is 11.2 Å². The third-order valence-corrected chi connectivity index (χ3v) is 3.98. The van der Waals surface area contributed by atoms with Gasteiger partial charge in [-0.1, -0.05) is 32.5 Å². The Hall–Kier alpha value is -0.620. The molecule has 0 aliphatic rings. The highest BCUT2D eigenvalue weighted by molar-refractivity contribution is 8.02. The molecule has 0 radical (unpaired) electrons. The molecule has 1 atom stereocenters. The number of nitrogens with zero attached hydrogens (tertiary/aromatic N) is 2. The molecule has 1 aromatic rings. The van der Waals surface area contributed by atoms with Crippen molar-refractivity contribution in [3.8, 4) is 0 Å². The molecule has 0 amide bonds. The van der Waals surface area contributed by atoms with E-state index >= 15 is 0 Å². The van der Waals surface area contributed by atoms with Crippen molar-refractivity contribution in [1.82, 2.24) is 9.36 Å². The first-order valence-corrected chi connectivity index (χ1v) is 6.43. The summed E-state index contributed by atoms with van der Waals surface area (Å²) in [5.74, 6) is 0.298. The predicted molar refractivity (Wildman–Crippen MR) is 61.6 cm³/mol. The van der Waals surface area contributed by atoms with Gasteiger partial charge in [-0.05, 0) is 18.0 Å². The maximum absolute atomic E-state index is 10.8. The minimum Gasteiger partial charge on any atom is -0.480 e. The second-order valence-electron chi connectivity index (χ2n) is 3.43. The summed E-state index contributed by atoms with van der Waals surface area (Å²) in [6.45, 7) is 5.90. The highest BCUT2D eigenvalue weighted by Gasteiger charge is 2.19. The molecule has 0 aliphatic carbocycles. The van der Waals surface area contributed by atoms with Gasteiger partial charge in [0.1, 0.15) is 11.1 Å². The van der Waals surface area contributed by atoms with Crippen LogP contribution >= 0.6 is 23.3 Å². The summed E-state index contributed by atoms with van der Waals surface area (Å²) in [6.07, 6.45) is 0.594. The second kappa shape index (κ2) is 5.46. The molecular weight excluding hydrogens is 232 g/mol. The Balaban J connectivity index is 2.67. The molecule has 1 N–H and O–H groups in total. The van der Waals surface area contributed by atoms with E-state index in [1.54, 1.807) is 0 Å². The molecule has 0 spiro atoms. The average molecular weight is 246 g/mol. The molecule has 0 saturated heterocycles. The standard InChI is InChI=1S/C9H14N2O2S2/c1-4-6(8(12)13)14-9-10-7(5(2)3)11-15-9/h5-6H,4H2,1-3H3,(H,12,13). The molecule has 0 bridgehead atoms. The Morgan fingerprint density at radius 2 is 2.27 bits per heavy atom. The van der Waals surface area contributed by atoms with Gasteiger partial charge in [0.05, 0.1) is 0 Å². The van der Waals surface area contributed by atoms with Crippen LogP contribution in [0.1, 0.15) is 38.9 Å². The Kier molecular flexibility index (Phi) is 4.53. The van der Waals surface area contributed by atoms with Crippen molar-refractivity contribution in [3.05, 3.63) is 5.82 Å². The van der Waals surface area contributed by atoms with Crippen molar-refractivity contribution in [2.24, 2.45) is 0 Å². The molecular formula is C9H14N2O2S2. The van der Waals surface area contributed by atoms with Gasteiger partial charge >= 0.3 is 5.97 Å². The molecule has 0 fully saturated rings. The fourth-order valence-electron chi connectivity index (χ4n) is 0.933. The Morgan fingerprint density at radius 1 is 1.60 bits per heavy atom. The van der Waals surface area contributed by atoms with Gasteiger partial charge in [-0.2, -0.15) is 4.37 Å². The Morgan fingerprint density at radius 3 is 2.67 bits per heavy atom. The molecule has 0 saturated carbocycles. The molecule has 15 heavy (non-hydrogen) atoms. The second-order valence-corrected chi connectivity index (χ2v) is 5.63. The number of carbonyl (C=O) groups is 1. The molecule has 0 aliphatic heterocycles. The van der Waals surface area contributed by atoms with E-state index in [2.05, 4.69) is 9.36 Å². The topological polar surface area (TPSA) is 63.1 Å². The van der Waals surface area contributed by atoms with Crippen molar-refractivity contribution in [2.45, 2.75) is 42.7 Å². The fourth-order valence-corrected chi connectivity index (χ4v) is 2.78. The first-order valence-electron chi connectivity index (χ1n) is 4.77. The maximum atomic E-state index is 10.8. The van der Waals surface area contributed by atoms with Gasteiger partial charge in [0.25, 0.3) is 0 Å². The summed E-state index contributed by atoms with van der Waals surface area (Å²) in [6, 6.07) is 0. The van der Waals surface area contributed by atoms with Crippen LogP contribution in [0.25, 0.3) is 0 Å². The SMILES string of the molecule is CCC(Sc1nc(C(C)C)ns1)C(=O)O. The van der Waals surface area contributed by atoms with Crippen molar-refractivity contribution in [2.75, 3.05) is 0 Å². The van der Waals surface area contributed by atoms with Gasteiger partial charge in [0.15, 0.2) is 4.34 Å². The maximum Gasteiger partial charge on any atom is 0.317 e. The third-order valence-electron chi connectivity index (χ3n) is 1.83. The van der Waals surface area contributed by atoms with Gasteiger partial charge in [-0.3, -0.25) is 4.79 Å². The minimum absolute atomic E-state index is 0.292. The van der Waals surface area contributed by atoms with Crippen LogP contribution in [0.2, 0.25) is 0 Å². The molecule has 0 aromatic carbocycles. The summed E-state index contributed by atoms with van der Waals surface area (Å²) in [5, 5.41) is 8.47. The van der Waals surface area contributed by atoms with Crippen LogP contribution in [0, 0.1) is 0 Å². The van der Waals surface area contributed by atoms with Gasteiger partial charge in [-0.15, -0.1) is 0 Å². The number of carboxylic acid groups (broad SMARTS) is 1. The fraction of sp³-hybridized carbons (Fsp3) is 0.667. The largest absolute Gasteiger partial charge is 0.480 e. The molecule has 1 aromatic heterocycles. The summed E-state index contributed by atoms with van der Waals surface area (Å²) < 4.78 is 4.92. The summed E-state index contributed by atoms with van der Waals surface area (Å²) in [4.78, 5) is 15.1. The van der Waals surface area contributed by atoms with Gasteiger partial charge in [-0.25, -0.2) is 4.98 Å². The van der Waals surface area contributed by atoms with Gasteiger partial charge in [0, 0.05) is 5.92 Å². The van der Waals surface area contributed by atoms with Crippen LogP contribution in [0.4, 0.5) is 0 Å². The summed E-state index contributed by atoms with van der Waals surface area (Å²) >= 11 is 2.56. The van der Waals surface area contributed by atoms with Crippen LogP contribution in [0.5, 0.6) is 0 Å². The molecule has 6 heteroatoms. The van der Waals surface area contributed by atoms with E-state index in [0.717, 1.165) is 10.2 Å². The average Bonchev–Trinajstić information content (AvgIpc) is 2.61. The number of aromatic nitrogens is 2. The quantitative estimate of drug-likeness (QED) is 0.809. The highest BCUT2D eigenvalue weighted by Crippen LogP contribution is 2.28. The van der Waals surface area contributed by atoms with Crippen LogP contribution < -0.4 is 0 Å². The molecule has 1 rings (SSSR count). The van der Waals surface area contributed by atoms with E-state index in [9.17, 15) is 4.79 Å². The van der Waals surface area contributed by atoms with Crippen molar-refractivity contribution in [3.63, 3.8) is 0 Å². The molecule has 4 nitrogen and oxygen atoms in total. The summed E-state index contributed by atoms with van der Waals surface area (Å²) in [5.41, 5.74) is 0. The molecule has 1 unspecified atom stereocenters. The smallest absolute Gasteiger partial charge is 0.317 e. The first kappa shape index (κ1) is 12.4. The molecule has 84 valence electrons. The first-order chi connectivity index (χ1) is 7.04. The normalized spacial score (nSPS) is 13.1. The van der Waals surface area contributed by atoms with E-state index in [-0.39, 0.29) is 0 Å². The lowest BCUT2D eigenvalue weighted by molar-refractivity contribution is -0.136. The number of hydrogen-bond donors (Lipinski definition) is 1. The van der Waals surface area contributed by atoms with Gasteiger partial charge < -0.3 is 5.11 Å². The highest BCUT2D eigenvalue weighted by atomic mass is 32.2. The number of aliphatic carboxylic acids is 1. The number of rotatable bonds is 5. The lowest BCUT2D eigenvalue weighted by Crippen LogP contribution is -2.14. The van der Waals surface area contributed by atoms with Crippen LogP contribution in [-0.2, 0) is 4.79 Å². The lowest BCUT2D eigenvalue weighted by atomic mass is 10.2. The lowest BCUT2D eigenvalue weighted by Gasteiger charge is -2.05. The monoisotopic (exact) mass is 246 g/mol. The van der Waals surface area contributed by atoms with E-state index in [0.29, 0.717) is 12.3 Å². The predicted octanol–water partition coefficient (Wildman–Crippen LogP) is 2.62. The minimum atomic E-state index is -0.788. The van der Waals surface area contributed by atoms with Crippen LogP contribution in [0.3, 0.4) is 0 Å². The van der Waals surface area contributed by atoms with Crippen LogP contribution in [0.15, 0.2) is 4.34 Å². The van der Waals surface area contributed by atoms with Crippen molar-refractivity contribution < 1.29 is 9.90 Å². The van der Waals surface area contributed by atoms with E-state index in [4.69, 9.17) is 5.11 Å². The zero-order chi connectivity index (χ0) is 11.4. The Bertz CT molecular complexity index is 339. The van der Waals surface area contributed by atoms with Gasteiger partial charge in [0.2, 0.25) is 0 Å².